The smallest absolute Gasteiger partial charge is 0.250 e. The first-order chi connectivity index (χ1) is 12.7. The summed E-state index contributed by atoms with van der Waals surface area (Å²) in [5.74, 6) is 0.175. The number of carbonyl (C=O) groups excluding carboxylic acids is 1. The Bertz CT molecular complexity index is 1010. The minimum atomic E-state index is -0.425. The molecule has 5 rings (SSSR count). The molecular weight excluding hydrogens is 328 g/mol. The van der Waals surface area contributed by atoms with Crippen molar-refractivity contribution in [2.75, 3.05) is 18.1 Å². The van der Waals surface area contributed by atoms with E-state index in [4.69, 9.17) is 10.5 Å². The quantitative estimate of drug-likeness (QED) is 0.744. The number of hydrogen-bond acceptors (Lipinski definition) is 4. The van der Waals surface area contributed by atoms with Crippen LogP contribution in [-0.2, 0) is 0 Å². The monoisotopic (exact) mass is 348 g/mol. The highest BCUT2D eigenvalue weighted by molar-refractivity contribution is 6.00. The summed E-state index contributed by atoms with van der Waals surface area (Å²) < 4.78 is 6.15. The van der Waals surface area contributed by atoms with E-state index in [1.807, 2.05) is 30.5 Å². The van der Waals surface area contributed by atoms with Crippen molar-refractivity contribution in [1.82, 2.24) is 9.97 Å². The zero-order chi connectivity index (χ0) is 17.7. The van der Waals surface area contributed by atoms with Crippen LogP contribution in [0.15, 0.2) is 42.6 Å². The van der Waals surface area contributed by atoms with Crippen molar-refractivity contribution >= 4 is 28.3 Å². The van der Waals surface area contributed by atoms with Gasteiger partial charge in [-0.15, -0.1) is 0 Å². The first kappa shape index (κ1) is 15.3. The highest BCUT2D eigenvalue weighted by Gasteiger charge is 2.43. The molecular formula is C20H20N4O2. The van der Waals surface area contributed by atoms with Crippen LogP contribution in [0.5, 0.6) is 5.88 Å². The second kappa shape index (κ2) is 5.49. The van der Waals surface area contributed by atoms with E-state index in [0.29, 0.717) is 18.1 Å². The van der Waals surface area contributed by atoms with Crippen molar-refractivity contribution in [3.05, 3.63) is 48.2 Å². The number of nitrogens with zero attached hydrogens (tertiary/aromatic N) is 2. The molecule has 3 heterocycles. The molecule has 1 aliphatic carbocycles. The number of carbonyl (C=O) groups is 1. The van der Waals surface area contributed by atoms with Crippen LogP contribution in [0.2, 0.25) is 0 Å². The van der Waals surface area contributed by atoms with Gasteiger partial charge in [-0.05, 0) is 37.1 Å². The Kier molecular flexibility index (Phi) is 3.22. The summed E-state index contributed by atoms with van der Waals surface area (Å²) in [6, 6.07) is 11.6. The summed E-state index contributed by atoms with van der Waals surface area (Å²) in [5, 5.41) is 1.01. The standard InChI is InChI=1S/C20H20N4O2/c21-17(25)14-4-1-2-5-15(14)24-11-20(7-3-8-20)12-26-19-16(24)10-13-6-9-22-18(13)23-19/h1-2,4-6,9-10H,3,7-8,11-12H2,(H2,21,25)(H,22,23). The van der Waals surface area contributed by atoms with E-state index in [-0.39, 0.29) is 5.41 Å². The van der Waals surface area contributed by atoms with E-state index >= 15 is 0 Å². The van der Waals surface area contributed by atoms with Gasteiger partial charge in [0.2, 0.25) is 5.88 Å². The van der Waals surface area contributed by atoms with E-state index in [9.17, 15) is 4.79 Å². The molecule has 2 aliphatic rings. The predicted octanol–water partition coefficient (Wildman–Crippen LogP) is 3.36. The van der Waals surface area contributed by atoms with Gasteiger partial charge in [0.15, 0.2) is 0 Å². The van der Waals surface area contributed by atoms with Crippen molar-refractivity contribution < 1.29 is 9.53 Å². The average Bonchev–Trinajstić information content (AvgIpc) is 3.00. The number of fused-ring (bicyclic) bond motifs is 2. The summed E-state index contributed by atoms with van der Waals surface area (Å²) in [6.45, 7) is 1.44. The van der Waals surface area contributed by atoms with Crippen molar-refractivity contribution in [1.29, 1.82) is 0 Å². The van der Waals surface area contributed by atoms with Gasteiger partial charge < -0.3 is 20.4 Å². The Morgan fingerprint density at radius 3 is 2.85 bits per heavy atom. The Morgan fingerprint density at radius 2 is 2.08 bits per heavy atom. The molecule has 1 amide bonds. The normalized spacial score (nSPS) is 18.1. The lowest BCUT2D eigenvalue weighted by atomic mass is 9.69. The molecule has 0 unspecified atom stereocenters. The van der Waals surface area contributed by atoms with Crippen LogP contribution < -0.4 is 15.4 Å². The lowest BCUT2D eigenvalue weighted by Crippen LogP contribution is -2.43. The second-order valence-electron chi connectivity index (χ2n) is 7.34. The van der Waals surface area contributed by atoms with Crippen LogP contribution in [-0.4, -0.2) is 29.0 Å². The minimum absolute atomic E-state index is 0.0964. The molecule has 1 spiro atoms. The number of ether oxygens (including phenoxy) is 1. The summed E-state index contributed by atoms with van der Waals surface area (Å²) in [7, 11) is 0. The van der Waals surface area contributed by atoms with E-state index < -0.39 is 5.91 Å². The average molecular weight is 348 g/mol. The Morgan fingerprint density at radius 1 is 1.23 bits per heavy atom. The molecule has 1 aromatic carbocycles. The van der Waals surface area contributed by atoms with Crippen LogP contribution in [0.25, 0.3) is 11.0 Å². The maximum atomic E-state index is 12.0. The van der Waals surface area contributed by atoms with Crippen LogP contribution >= 0.6 is 0 Å². The summed E-state index contributed by atoms with van der Waals surface area (Å²) in [5.41, 5.74) is 8.77. The number of primary amides is 1. The predicted molar refractivity (Wildman–Crippen MR) is 99.8 cm³/mol. The number of aromatic amines is 1. The number of rotatable bonds is 2. The number of pyridine rings is 1. The first-order valence-corrected chi connectivity index (χ1v) is 8.93. The number of H-pyrrole nitrogens is 1. The van der Waals surface area contributed by atoms with Gasteiger partial charge in [0.25, 0.3) is 5.91 Å². The molecule has 0 atom stereocenters. The molecule has 26 heavy (non-hydrogen) atoms. The van der Waals surface area contributed by atoms with Gasteiger partial charge in [-0.25, -0.2) is 0 Å². The van der Waals surface area contributed by atoms with Gasteiger partial charge in [0.05, 0.1) is 17.9 Å². The molecule has 2 aromatic heterocycles. The molecule has 1 fully saturated rings. The summed E-state index contributed by atoms with van der Waals surface area (Å²) >= 11 is 0. The van der Waals surface area contributed by atoms with Crippen molar-refractivity contribution in [2.45, 2.75) is 19.3 Å². The number of hydrogen-bond donors (Lipinski definition) is 2. The van der Waals surface area contributed by atoms with Crippen molar-refractivity contribution in [3.63, 3.8) is 0 Å². The first-order valence-electron chi connectivity index (χ1n) is 8.93. The molecule has 0 radical (unpaired) electrons. The number of para-hydroxylation sites is 1. The van der Waals surface area contributed by atoms with Gasteiger partial charge in [-0.3, -0.25) is 4.79 Å². The molecule has 0 saturated heterocycles. The highest BCUT2D eigenvalue weighted by Crippen LogP contribution is 2.48. The molecule has 6 nitrogen and oxygen atoms in total. The summed E-state index contributed by atoms with van der Waals surface area (Å²) in [4.78, 5) is 22.0. The minimum Gasteiger partial charge on any atom is -0.475 e. The topological polar surface area (TPSA) is 84.2 Å². The number of benzene rings is 1. The molecule has 0 bridgehead atoms. The fourth-order valence-corrected chi connectivity index (χ4v) is 4.05. The van der Waals surface area contributed by atoms with E-state index in [2.05, 4.69) is 20.9 Å². The van der Waals surface area contributed by atoms with E-state index in [1.165, 1.54) is 6.42 Å². The molecule has 6 heteroatoms. The van der Waals surface area contributed by atoms with Gasteiger partial charge in [-0.2, -0.15) is 4.98 Å². The van der Waals surface area contributed by atoms with E-state index in [0.717, 1.165) is 41.8 Å². The van der Waals surface area contributed by atoms with Gasteiger partial charge >= 0.3 is 0 Å². The third kappa shape index (κ3) is 2.25. The van der Waals surface area contributed by atoms with Crippen LogP contribution in [0.4, 0.5) is 11.4 Å². The zero-order valence-electron chi connectivity index (χ0n) is 14.4. The number of aromatic nitrogens is 2. The fourth-order valence-electron chi connectivity index (χ4n) is 4.05. The molecule has 132 valence electrons. The largest absolute Gasteiger partial charge is 0.475 e. The third-order valence-electron chi connectivity index (χ3n) is 5.65. The summed E-state index contributed by atoms with van der Waals surface area (Å²) in [6.07, 6.45) is 5.31. The SMILES string of the molecule is NC(=O)c1ccccc1N1CC2(CCC2)COc2nc3[nH]ccc3cc21. The van der Waals surface area contributed by atoms with Crippen LogP contribution in [0.1, 0.15) is 29.6 Å². The molecule has 1 aliphatic heterocycles. The highest BCUT2D eigenvalue weighted by atomic mass is 16.5. The lowest BCUT2D eigenvalue weighted by Gasteiger charge is -2.43. The maximum absolute atomic E-state index is 12.0. The Labute approximate surface area is 151 Å². The lowest BCUT2D eigenvalue weighted by molar-refractivity contribution is 0.0712. The number of anilines is 2. The molecule has 3 N–H and O–H groups in total. The van der Waals surface area contributed by atoms with Gasteiger partial charge in [0, 0.05) is 23.5 Å². The molecule has 1 saturated carbocycles. The Balaban J connectivity index is 1.72. The Hall–Kier alpha value is -3.02. The van der Waals surface area contributed by atoms with Crippen molar-refractivity contribution in [3.8, 4) is 5.88 Å². The van der Waals surface area contributed by atoms with Crippen LogP contribution in [0, 0.1) is 5.41 Å². The van der Waals surface area contributed by atoms with Gasteiger partial charge in [-0.1, -0.05) is 18.6 Å². The fraction of sp³-hybridized carbons (Fsp3) is 0.300. The number of nitrogens with one attached hydrogen (secondary N) is 1. The van der Waals surface area contributed by atoms with E-state index in [1.54, 1.807) is 6.07 Å². The second-order valence-corrected chi connectivity index (χ2v) is 7.34. The zero-order valence-corrected chi connectivity index (χ0v) is 14.4. The number of amides is 1. The van der Waals surface area contributed by atoms with Gasteiger partial charge in [0.1, 0.15) is 11.3 Å². The van der Waals surface area contributed by atoms with Crippen LogP contribution in [0.3, 0.4) is 0 Å². The third-order valence-corrected chi connectivity index (χ3v) is 5.65. The molecule has 3 aromatic rings. The maximum Gasteiger partial charge on any atom is 0.250 e. The number of nitrogens with two attached hydrogens (primary N) is 1. The van der Waals surface area contributed by atoms with Crippen molar-refractivity contribution in [2.24, 2.45) is 11.1 Å².